The van der Waals surface area contributed by atoms with Crippen LogP contribution in [0.25, 0.3) is 33.4 Å². The van der Waals surface area contributed by atoms with Crippen molar-refractivity contribution in [2.75, 3.05) is 4.90 Å². The quantitative estimate of drug-likeness (QED) is 0.148. The number of hydrogen-bond acceptors (Lipinski definition) is 1. The highest BCUT2D eigenvalue weighted by molar-refractivity contribution is 5.93. The van der Waals surface area contributed by atoms with Gasteiger partial charge in [-0.05, 0) is 103 Å². The molecule has 0 spiro atoms. The van der Waals surface area contributed by atoms with E-state index in [1.165, 1.54) is 77.9 Å². The second-order valence-corrected chi connectivity index (χ2v) is 16.7. The van der Waals surface area contributed by atoms with Gasteiger partial charge in [0.25, 0.3) is 0 Å². The molecule has 2 aliphatic carbocycles. The van der Waals surface area contributed by atoms with E-state index in [4.69, 9.17) is 0 Å². The molecular formula is C62H43N. The topological polar surface area (TPSA) is 3.24 Å². The lowest BCUT2D eigenvalue weighted by atomic mass is 9.67. The maximum atomic E-state index is 2.47. The molecule has 10 aromatic carbocycles. The zero-order valence-corrected chi connectivity index (χ0v) is 34.8. The Morgan fingerprint density at radius 3 is 1.08 bits per heavy atom. The first-order valence-electron chi connectivity index (χ1n) is 21.9. The molecule has 63 heavy (non-hydrogen) atoms. The molecule has 0 radical (unpaired) electrons. The van der Waals surface area contributed by atoms with E-state index in [1.807, 2.05) is 0 Å². The number of fused-ring (bicyclic) bond motifs is 6. The molecule has 0 bridgehead atoms. The molecule has 12 rings (SSSR count). The Kier molecular flexibility index (Phi) is 8.69. The summed E-state index contributed by atoms with van der Waals surface area (Å²) >= 11 is 0. The molecular weight excluding hydrogens is 759 g/mol. The Morgan fingerprint density at radius 1 is 0.238 bits per heavy atom. The Hall–Kier alpha value is -8.00. The SMILES string of the molecule is c1ccc(-c2ccccc2N(c2ccc(C3(c4ccccc4)c4ccccc4-c4ccccc43)cc2)c2ccc3c(c2)C(c2ccccc2)(c2ccccc2)c2ccccc2-3)cc1. The van der Waals surface area contributed by atoms with Crippen LogP contribution in [0, 0.1) is 0 Å². The van der Waals surface area contributed by atoms with E-state index in [0.717, 1.165) is 17.1 Å². The van der Waals surface area contributed by atoms with Crippen molar-refractivity contribution >= 4 is 17.1 Å². The zero-order valence-electron chi connectivity index (χ0n) is 34.8. The number of anilines is 3. The molecule has 0 N–H and O–H groups in total. The smallest absolute Gasteiger partial charge is 0.0714 e. The van der Waals surface area contributed by atoms with Crippen molar-refractivity contribution in [3.05, 3.63) is 305 Å². The highest BCUT2D eigenvalue weighted by Crippen LogP contribution is 2.59. The Labute approximate surface area is 369 Å². The van der Waals surface area contributed by atoms with Crippen LogP contribution >= 0.6 is 0 Å². The summed E-state index contributed by atoms with van der Waals surface area (Å²) in [6, 6.07) is 96.4. The first-order valence-corrected chi connectivity index (χ1v) is 21.9. The monoisotopic (exact) mass is 801 g/mol. The lowest BCUT2D eigenvalue weighted by Crippen LogP contribution is -2.29. The summed E-state index contributed by atoms with van der Waals surface area (Å²) in [7, 11) is 0. The fraction of sp³-hybridized carbons (Fsp3) is 0.0323. The molecule has 0 saturated heterocycles. The summed E-state index contributed by atoms with van der Waals surface area (Å²) in [5.41, 5.74) is 20.0. The average molecular weight is 802 g/mol. The van der Waals surface area contributed by atoms with Gasteiger partial charge in [0.1, 0.15) is 0 Å². The van der Waals surface area contributed by atoms with Crippen molar-refractivity contribution in [1.29, 1.82) is 0 Å². The van der Waals surface area contributed by atoms with Crippen molar-refractivity contribution in [1.82, 2.24) is 0 Å². The van der Waals surface area contributed by atoms with Crippen LogP contribution in [0.2, 0.25) is 0 Å². The largest absolute Gasteiger partial charge is 0.310 e. The molecule has 0 saturated carbocycles. The van der Waals surface area contributed by atoms with Crippen LogP contribution in [0.5, 0.6) is 0 Å². The van der Waals surface area contributed by atoms with E-state index in [2.05, 4.69) is 266 Å². The van der Waals surface area contributed by atoms with Crippen molar-refractivity contribution in [3.8, 4) is 33.4 Å². The second-order valence-electron chi connectivity index (χ2n) is 16.7. The highest BCUT2D eigenvalue weighted by Gasteiger charge is 2.47. The minimum Gasteiger partial charge on any atom is -0.310 e. The van der Waals surface area contributed by atoms with Gasteiger partial charge in [-0.1, -0.05) is 231 Å². The van der Waals surface area contributed by atoms with Gasteiger partial charge in [0.2, 0.25) is 0 Å². The summed E-state index contributed by atoms with van der Waals surface area (Å²) in [6.07, 6.45) is 0. The third-order valence-electron chi connectivity index (χ3n) is 13.6. The predicted molar refractivity (Wildman–Crippen MR) is 261 cm³/mol. The molecule has 0 amide bonds. The van der Waals surface area contributed by atoms with E-state index in [9.17, 15) is 0 Å². The Morgan fingerprint density at radius 2 is 0.587 bits per heavy atom. The highest BCUT2D eigenvalue weighted by atomic mass is 15.1. The lowest BCUT2D eigenvalue weighted by molar-refractivity contribution is 0.768. The van der Waals surface area contributed by atoms with Gasteiger partial charge in [0, 0.05) is 16.9 Å². The van der Waals surface area contributed by atoms with Gasteiger partial charge >= 0.3 is 0 Å². The van der Waals surface area contributed by atoms with Crippen molar-refractivity contribution in [2.24, 2.45) is 0 Å². The normalized spacial score (nSPS) is 13.7. The minimum atomic E-state index is -0.524. The van der Waals surface area contributed by atoms with Crippen LogP contribution in [0.4, 0.5) is 17.1 Å². The Bertz CT molecular complexity index is 3180. The van der Waals surface area contributed by atoms with Gasteiger partial charge in [-0.3, -0.25) is 0 Å². The fourth-order valence-corrected chi connectivity index (χ4v) is 11.1. The minimum absolute atomic E-state index is 0.482. The summed E-state index contributed by atoms with van der Waals surface area (Å²) in [4.78, 5) is 2.47. The molecule has 0 aliphatic heterocycles. The van der Waals surface area contributed by atoms with Gasteiger partial charge in [0.15, 0.2) is 0 Å². The number of benzene rings is 10. The average Bonchev–Trinajstić information content (AvgIpc) is 3.84. The number of hydrogen-bond donors (Lipinski definition) is 0. The first-order chi connectivity index (χ1) is 31.3. The second kappa shape index (κ2) is 14.9. The summed E-state index contributed by atoms with van der Waals surface area (Å²) in [6.45, 7) is 0. The molecule has 1 heteroatoms. The molecule has 0 fully saturated rings. The van der Waals surface area contributed by atoms with Crippen molar-refractivity contribution < 1.29 is 0 Å². The molecule has 296 valence electrons. The molecule has 0 heterocycles. The maximum Gasteiger partial charge on any atom is 0.0714 e. The van der Waals surface area contributed by atoms with E-state index in [1.54, 1.807) is 0 Å². The standard InChI is InChI=1S/C62H43N/c1-5-21-44(22-6-1)51-29-16-20-36-60(51)63(49-39-37-48(38-40-49)61(45-23-7-2-8-24-45)56-33-17-13-30-52(56)53-31-14-18-34-57(53)61)50-41-42-55-54-32-15-19-35-58(54)62(59(55)43-50,46-25-9-3-10-26-46)47-27-11-4-12-28-47/h1-43H. The van der Waals surface area contributed by atoms with Crippen LogP contribution in [-0.4, -0.2) is 0 Å². The van der Waals surface area contributed by atoms with E-state index in [0.29, 0.717) is 0 Å². The molecule has 1 nitrogen and oxygen atoms in total. The fourth-order valence-electron chi connectivity index (χ4n) is 11.1. The maximum absolute atomic E-state index is 2.47. The number of para-hydroxylation sites is 1. The van der Waals surface area contributed by atoms with Crippen LogP contribution < -0.4 is 4.90 Å². The first kappa shape index (κ1) is 36.8. The molecule has 10 aromatic rings. The summed E-state index contributed by atoms with van der Waals surface area (Å²) in [5, 5.41) is 0. The molecule has 0 aromatic heterocycles. The van der Waals surface area contributed by atoms with Crippen molar-refractivity contribution in [2.45, 2.75) is 10.8 Å². The van der Waals surface area contributed by atoms with Gasteiger partial charge in [-0.2, -0.15) is 0 Å². The van der Waals surface area contributed by atoms with E-state index in [-0.39, 0.29) is 0 Å². The van der Waals surface area contributed by atoms with Crippen LogP contribution in [0.15, 0.2) is 261 Å². The van der Waals surface area contributed by atoms with Crippen LogP contribution in [0.3, 0.4) is 0 Å². The lowest BCUT2D eigenvalue weighted by Gasteiger charge is -2.36. The van der Waals surface area contributed by atoms with Crippen molar-refractivity contribution in [3.63, 3.8) is 0 Å². The zero-order chi connectivity index (χ0) is 41.8. The van der Waals surface area contributed by atoms with E-state index < -0.39 is 10.8 Å². The van der Waals surface area contributed by atoms with Gasteiger partial charge in [0.05, 0.1) is 16.5 Å². The molecule has 0 unspecified atom stereocenters. The predicted octanol–water partition coefficient (Wildman–Crippen LogP) is 15.5. The van der Waals surface area contributed by atoms with Crippen LogP contribution in [-0.2, 0) is 10.8 Å². The summed E-state index contributed by atoms with van der Waals surface area (Å²) in [5.74, 6) is 0. The van der Waals surface area contributed by atoms with Gasteiger partial charge in [-0.15, -0.1) is 0 Å². The van der Waals surface area contributed by atoms with Gasteiger partial charge in [-0.25, -0.2) is 0 Å². The third-order valence-corrected chi connectivity index (χ3v) is 13.6. The molecule has 0 atom stereocenters. The van der Waals surface area contributed by atoms with E-state index >= 15 is 0 Å². The van der Waals surface area contributed by atoms with Crippen LogP contribution in [0.1, 0.15) is 44.5 Å². The summed E-state index contributed by atoms with van der Waals surface area (Å²) < 4.78 is 0. The third kappa shape index (κ3) is 5.50. The Balaban J connectivity index is 1.11. The van der Waals surface area contributed by atoms with Gasteiger partial charge < -0.3 is 4.90 Å². The number of nitrogens with zero attached hydrogens (tertiary/aromatic N) is 1. The molecule has 2 aliphatic rings. The number of rotatable bonds is 8.